The molecule has 3 N–H and O–H groups in total. The Morgan fingerprint density at radius 1 is 1.36 bits per heavy atom. The highest BCUT2D eigenvalue weighted by molar-refractivity contribution is 9.10. The second-order valence-corrected chi connectivity index (χ2v) is 6.56. The number of hydrogen-bond donors (Lipinski definition) is 2. The summed E-state index contributed by atoms with van der Waals surface area (Å²) in [5.41, 5.74) is 6.32. The maximum Gasteiger partial charge on any atom is 0.227 e. The lowest BCUT2D eigenvalue weighted by molar-refractivity contribution is -0.137. The number of amides is 2. The van der Waals surface area contributed by atoms with E-state index in [9.17, 15) is 9.59 Å². The Labute approximate surface area is 139 Å². The molecule has 1 fully saturated rings. The number of carbonyl (C=O) groups excluding carboxylic acids is 2. The molecule has 2 rings (SSSR count). The van der Waals surface area contributed by atoms with Gasteiger partial charge in [-0.05, 0) is 40.9 Å². The van der Waals surface area contributed by atoms with Gasteiger partial charge in [-0.15, -0.1) is 0 Å². The third-order valence-electron chi connectivity index (χ3n) is 4.08. The van der Waals surface area contributed by atoms with Crippen LogP contribution < -0.4 is 11.1 Å². The number of nitrogens with zero attached hydrogens (tertiary/aromatic N) is 1. The molecule has 1 unspecified atom stereocenters. The Morgan fingerprint density at radius 2 is 2.00 bits per heavy atom. The maximum absolute atomic E-state index is 12.3. The summed E-state index contributed by atoms with van der Waals surface area (Å²) in [5, 5.41) is 2.95. The molecular formula is C16H22BrN3O2. The molecule has 0 aliphatic carbocycles. The van der Waals surface area contributed by atoms with Crippen LogP contribution in [0.1, 0.15) is 19.8 Å². The highest BCUT2D eigenvalue weighted by Crippen LogP contribution is 2.24. The van der Waals surface area contributed by atoms with Crippen LogP contribution in [-0.4, -0.2) is 36.3 Å². The SMILES string of the molecule is CC(CN)C(=O)N1CCC(C(=O)Nc2ccccc2Br)CC1. The summed E-state index contributed by atoms with van der Waals surface area (Å²) in [6, 6.07) is 7.55. The second-order valence-electron chi connectivity index (χ2n) is 5.71. The maximum atomic E-state index is 12.3. The summed E-state index contributed by atoms with van der Waals surface area (Å²) in [6.07, 6.45) is 1.39. The first-order chi connectivity index (χ1) is 10.5. The molecule has 6 heteroatoms. The molecule has 22 heavy (non-hydrogen) atoms. The molecule has 120 valence electrons. The van der Waals surface area contributed by atoms with Gasteiger partial charge in [0, 0.05) is 35.9 Å². The summed E-state index contributed by atoms with van der Waals surface area (Å²) in [7, 11) is 0. The number of likely N-dealkylation sites (tertiary alicyclic amines) is 1. The van der Waals surface area contributed by atoms with E-state index in [1.54, 1.807) is 0 Å². The highest BCUT2D eigenvalue weighted by Gasteiger charge is 2.29. The smallest absolute Gasteiger partial charge is 0.227 e. The molecule has 0 saturated carbocycles. The van der Waals surface area contributed by atoms with Crippen LogP contribution in [0.3, 0.4) is 0 Å². The first-order valence-electron chi connectivity index (χ1n) is 7.57. The number of halogens is 1. The van der Waals surface area contributed by atoms with Gasteiger partial charge in [-0.25, -0.2) is 0 Å². The fraction of sp³-hybridized carbons (Fsp3) is 0.500. The summed E-state index contributed by atoms with van der Waals surface area (Å²) >= 11 is 3.42. The van der Waals surface area contributed by atoms with Crippen LogP contribution in [-0.2, 0) is 9.59 Å². The van der Waals surface area contributed by atoms with Crippen molar-refractivity contribution >= 4 is 33.4 Å². The zero-order valence-electron chi connectivity index (χ0n) is 12.7. The molecule has 1 heterocycles. The Bertz CT molecular complexity index is 542. The zero-order valence-corrected chi connectivity index (χ0v) is 14.3. The fourth-order valence-corrected chi connectivity index (χ4v) is 2.96. The Kier molecular flexibility index (Phi) is 5.97. The summed E-state index contributed by atoms with van der Waals surface area (Å²) < 4.78 is 0.868. The van der Waals surface area contributed by atoms with Crippen molar-refractivity contribution in [3.63, 3.8) is 0 Å². The highest BCUT2D eigenvalue weighted by atomic mass is 79.9. The van der Waals surface area contributed by atoms with E-state index >= 15 is 0 Å². The summed E-state index contributed by atoms with van der Waals surface area (Å²) in [5.74, 6) is -0.0898. The van der Waals surface area contributed by atoms with Crippen LogP contribution in [0, 0.1) is 11.8 Å². The van der Waals surface area contributed by atoms with Crippen molar-refractivity contribution in [2.24, 2.45) is 17.6 Å². The van der Waals surface area contributed by atoms with Gasteiger partial charge in [0.1, 0.15) is 0 Å². The number of hydrogen-bond acceptors (Lipinski definition) is 3. The summed E-state index contributed by atoms with van der Waals surface area (Å²) in [4.78, 5) is 26.2. The van der Waals surface area contributed by atoms with E-state index in [1.807, 2.05) is 36.1 Å². The van der Waals surface area contributed by atoms with Gasteiger partial charge in [-0.1, -0.05) is 19.1 Å². The number of para-hydroxylation sites is 1. The van der Waals surface area contributed by atoms with Gasteiger partial charge in [0.2, 0.25) is 11.8 Å². The lowest BCUT2D eigenvalue weighted by atomic mass is 9.95. The molecular weight excluding hydrogens is 346 g/mol. The van der Waals surface area contributed by atoms with Crippen molar-refractivity contribution in [2.45, 2.75) is 19.8 Å². The third kappa shape index (κ3) is 4.08. The van der Waals surface area contributed by atoms with E-state index in [0.29, 0.717) is 32.5 Å². The lowest BCUT2D eigenvalue weighted by Crippen LogP contribution is -2.44. The van der Waals surface area contributed by atoms with Crippen molar-refractivity contribution in [2.75, 3.05) is 25.0 Å². The molecule has 0 aromatic heterocycles. The molecule has 1 atom stereocenters. The van der Waals surface area contributed by atoms with E-state index in [1.165, 1.54) is 0 Å². The number of rotatable bonds is 4. The minimum Gasteiger partial charge on any atom is -0.342 e. The normalized spacial score (nSPS) is 17.1. The Morgan fingerprint density at radius 3 is 2.59 bits per heavy atom. The molecule has 1 saturated heterocycles. The number of benzene rings is 1. The van der Waals surface area contributed by atoms with Crippen LogP contribution in [0.2, 0.25) is 0 Å². The van der Waals surface area contributed by atoms with Gasteiger partial charge in [-0.3, -0.25) is 9.59 Å². The van der Waals surface area contributed by atoms with E-state index in [-0.39, 0.29) is 23.7 Å². The molecule has 1 aliphatic heterocycles. The predicted molar refractivity (Wildman–Crippen MR) is 90.3 cm³/mol. The van der Waals surface area contributed by atoms with E-state index in [2.05, 4.69) is 21.2 Å². The minimum absolute atomic E-state index is 0.0193. The van der Waals surface area contributed by atoms with Gasteiger partial charge in [0.25, 0.3) is 0 Å². The molecule has 1 aromatic carbocycles. The van der Waals surface area contributed by atoms with Crippen LogP contribution in [0.4, 0.5) is 5.69 Å². The fourth-order valence-electron chi connectivity index (χ4n) is 2.57. The zero-order chi connectivity index (χ0) is 16.1. The van der Waals surface area contributed by atoms with Gasteiger partial charge in [-0.2, -0.15) is 0 Å². The molecule has 0 radical (unpaired) electrons. The first kappa shape index (κ1) is 17.0. The van der Waals surface area contributed by atoms with Crippen molar-refractivity contribution in [3.05, 3.63) is 28.7 Å². The van der Waals surface area contributed by atoms with Gasteiger partial charge < -0.3 is 16.0 Å². The molecule has 0 bridgehead atoms. The number of carbonyl (C=O) groups is 2. The Balaban J connectivity index is 1.88. The van der Waals surface area contributed by atoms with E-state index in [4.69, 9.17) is 5.73 Å². The average molecular weight is 368 g/mol. The van der Waals surface area contributed by atoms with Crippen LogP contribution in [0.15, 0.2) is 28.7 Å². The molecule has 5 nitrogen and oxygen atoms in total. The number of piperidine rings is 1. The molecule has 0 spiro atoms. The molecule has 1 aliphatic rings. The Hall–Kier alpha value is -1.40. The van der Waals surface area contributed by atoms with Crippen LogP contribution in [0.25, 0.3) is 0 Å². The summed E-state index contributed by atoms with van der Waals surface area (Å²) in [6.45, 7) is 3.45. The van der Waals surface area contributed by atoms with E-state index < -0.39 is 0 Å². The number of anilines is 1. The largest absolute Gasteiger partial charge is 0.342 e. The second kappa shape index (κ2) is 7.74. The van der Waals surface area contributed by atoms with Crippen molar-refractivity contribution < 1.29 is 9.59 Å². The van der Waals surface area contributed by atoms with Gasteiger partial charge >= 0.3 is 0 Å². The van der Waals surface area contributed by atoms with Crippen LogP contribution in [0.5, 0.6) is 0 Å². The van der Waals surface area contributed by atoms with Gasteiger partial charge in [0.15, 0.2) is 0 Å². The van der Waals surface area contributed by atoms with Crippen molar-refractivity contribution in [1.82, 2.24) is 4.90 Å². The van der Waals surface area contributed by atoms with Gasteiger partial charge in [0.05, 0.1) is 5.69 Å². The van der Waals surface area contributed by atoms with Crippen LogP contribution >= 0.6 is 15.9 Å². The van der Waals surface area contributed by atoms with Crippen molar-refractivity contribution in [1.29, 1.82) is 0 Å². The topological polar surface area (TPSA) is 75.4 Å². The first-order valence-corrected chi connectivity index (χ1v) is 8.36. The quantitative estimate of drug-likeness (QED) is 0.856. The molecule has 1 aromatic rings. The van der Waals surface area contributed by atoms with E-state index in [0.717, 1.165) is 10.2 Å². The minimum atomic E-state index is -0.148. The van der Waals surface area contributed by atoms with Crippen molar-refractivity contribution in [3.8, 4) is 0 Å². The monoisotopic (exact) mass is 367 g/mol. The lowest BCUT2D eigenvalue weighted by Gasteiger charge is -2.32. The predicted octanol–water partition coefficient (Wildman–Crippen LogP) is 2.22. The molecule has 2 amide bonds. The number of nitrogens with one attached hydrogen (secondary N) is 1. The number of nitrogens with two attached hydrogens (primary N) is 1. The average Bonchev–Trinajstić information content (AvgIpc) is 2.55. The third-order valence-corrected chi connectivity index (χ3v) is 4.78. The standard InChI is InChI=1S/C16H22BrN3O2/c1-11(10-18)16(22)20-8-6-12(7-9-20)15(21)19-14-5-3-2-4-13(14)17/h2-5,11-12H,6-10,18H2,1H3,(H,19,21).